The van der Waals surface area contributed by atoms with Crippen molar-refractivity contribution in [3.63, 3.8) is 0 Å². The molecule has 3 aromatic rings. The number of hydrogen-bond acceptors (Lipinski definition) is 6. The van der Waals surface area contributed by atoms with Crippen LogP contribution in [-0.4, -0.2) is 34.1 Å². The highest BCUT2D eigenvalue weighted by Crippen LogP contribution is 2.38. The first-order valence-corrected chi connectivity index (χ1v) is 9.17. The van der Waals surface area contributed by atoms with E-state index in [4.69, 9.17) is 9.97 Å². The van der Waals surface area contributed by atoms with Gasteiger partial charge < -0.3 is 10.6 Å². The first kappa shape index (κ1) is 15.0. The van der Waals surface area contributed by atoms with Crippen LogP contribution in [0.2, 0.25) is 0 Å². The monoisotopic (exact) mass is 389 g/mol. The summed E-state index contributed by atoms with van der Waals surface area (Å²) in [5, 5.41) is 6.98. The van der Waals surface area contributed by atoms with Crippen molar-refractivity contribution in [2.24, 2.45) is 0 Å². The molecule has 0 amide bonds. The Hall–Kier alpha value is -1.57. The fourth-order valence-corrected chi connectivity index (χ4v) is 4.36. The van der Waals surface area contributed by atoms with E-state index in [-0.39, 0.29) is 0 Å². The number of fused-ring (bicyclic) bond motifs is 1. The number of aromatic nitrogens is 3. The predicted molar refractivity (Wildman–Crippen MR) is 98.0 cm³/mol. The molecule has 2 N–H and O–H groups in total. The topological polar surface area (TPSA) is 62.7 Å². The number of thiophene rings is 1. The van der Waals surface area contributed by atoms with Gasteiger partial charge in [0.25, 0.3) is 0 Å². The van der Waals surface area contributed by atoms with E-state index in [1.807, 2.05) is 12.1 Å². The Morgan fingerprint density at radius 1 is 1.30 bits per heavy atom. The van der Waals surface area contributed by atoms with Crippen LogP contribution in [0.4, 0.5) is 5.82 Å². The zero-order valence-electron chi connectivity index (χ0n) is 12.6. The van der Waals surface area contributed by atoms with Crippen molar-refractivity contribution in [1.29, 1.82) is 0 Å². The fraction of sp³-hybridized carbons (Fsp3) is 0.312. The van der Waals surface area contributed by atoms with E-state index in [0.29, 0.717) is 6.04 Å². The quantitative estimate of drug-likeness (QED) is 0.716. The van der Waals surface area contributed by atoms with Gasteiger partial charge in [-0.1, -0.05) is 0 Å². The molecule has 3 aromatic heterocycles. The van der Waals surface area contributed by atoms with Crippen molar-refractivity contribution < 1.29 is 0 Å². The van der Waals surface area contributed by atoms with Gasteiger partial charge >= 0.3 is 0 Å². The molecule has 0 bridgehead atoms. The van der Waals surface area contributed by atoms with Crippen LogP contribution >= 0.6 is 27.3 Å². The Labute approximate surface area is 146 Å². The molecule has 23 heavy (non-hydrogen) atoms. The van der Waals surface area contributed by atoms with E-state index in [9.17, 15) is 0 Å². The SMILES string of the molecule is Cc1c(Br)sc2c(N[C@@H]3CCNC3)nc(-c3ccncc3)nc12. The standard InChI is InChI=1S/C16H16BrN5S/c1-9-12-13(23-14(9)17)16(20-11-4-7-19-8-11)22-15(21-12)10-2-5-18-6-3-10/h2-3,5-6,11,19H,4,7-8H2,1H3,(H,20,21,22)/t11-/m1/s1. The number of anilines is 1. The smallest absolute Gasteiger partial charge is 0.162 e. The molecule has 0 radical (unpaired) electrons. The van der Waals surface area contributed by atoms with Gasteiger partial charge in [0.1, 0.15) is 5.82 Å². The lowest BCUT2D eigenvalue weighted by Gasteiger charge is -2.13. The molecule has 1 fully saturated rings. The lowest BCUT2D eigenvalue weighted by atomic mass is 10.2. The van der Waals surface area contributed by atoms with E-state index < -0.39 is 0 Å². The Kier molecular flexibility index (Phi) is 4.00. The summed E-state index contributed by atoms with van der Waals surface area (Å²) in [6.07, 6.45) is 4.65. The van der Waals surface area contributed by atoms with Crippen LogP contribution in [0.3, 0.4) is 0 Å². The molecule has 1 saturated heterocycles. The van der Waals surface area contributed by atoms with E-state index in [2.05, 4.69) is 38.5 Å². The summed E-state index contributed by atoms with van der Waals surface area (Å²) in [4.78, 5) is 13.7. The number of aryl methyl sites for hydroxylation is 1. The van der Waals surface area contributed by atoms with Crippen LogP contribution in [-0.2, 0) is 0 Å². The van der Waals surface area contributed by atoms with Gasteiger partial charge in [-0.15, -0.1) is 11.3 Å². The van der Waals surface area contributed by atoms with Crippen molar-refractivity contribution in [2.75, 3.05) is 18.4 Å². The molecular formula is C16H16BrN5S. The molecule has 4 heterocycles. The second kappa shape index (κ2) is 6.14. The van der Waals surface area contributed by atoms with Gasteiger partial charge in [-0.25, -0.2) is 9.97 Å². The normalized spacial score (nSPS) is 17.7. The molecule has 0 saturated carbocycles. The average Bonchev–Trinajstić information content (AvgIpc) is 3.18. The number of halogens is 1. The molecule has 1 aliphatic rings. The number of rotatable bonds is 3. The van der Waals surface area contributed by atoms with Crippen LogP contribution in [0.5, 0.6) is 0 Å². The minimum absolute atomic E-state index is 0.416. The predicted octanol–water partition coefficient (Wildman–Crippen LogP) is 3.60. The van der Waals surface area contributed by atoms with Gasteiger partial charge in [0.05, 0.1) is 14.0 Å². The third-order valence-corrected chi connectivity index (χ3v) is 6.20. The molecule has 5 nitrogen and oxygen atoms in total. The summed E-state index contributed by atoms with van der Waals surface area (Å²) in [6.45, 7) is 4.12. The summed E-state index contributed by atoms with van der Waals surface area (Å²) >= 11 is 5.33. The highest BCUT2D eigenvalue weighted by atomic mass is 79.9. The summed E-state index contributed by atoms with van der Waals surface area (Å²) < 4.78 is 2.22. The van der Waals surface area contributed by atoms with Gasteiger partial charge in [-0.2, -0.15) is 0 Å². The lowest BCUT2D eigenvalue weighted by molar-refractivity contribution is 0.789. The van der Waals surface area contributed by atoms with Crippen LogP contribution in [0.15, 0.2) is 28.3 Å². The molecule has 118 valence electrons. The average molecular weight is 390 g/mol. The van der Waals surface area contributed by atoms with Crippen LogP contribution in [0.1, 0.15) is 12.0 Å². The summed E-state index contributed by atoms with van der Waals surface area (Å²) in [5.74, 6) is 1.66. The zero-order chi connectivity index (χ0) is 15.8. The number of nitrogens with one attached hydrogen (secondary N) is 2. The first-order valence-electron chi connectivity index (χ1n) is 7.56. The van der Waals surface area contributed by atoms with Gasteiger partial charge in [0.15, 0.2) is 5.82 Å². The van der Waals surface area contributed by atoms with E-state index in [1.54, 1.807) is 23.7 Å². The maximum atomic E-state index is 4.80. The van der Waals surface area contributed by atoms with Crippen LogP contribution in [0, 0.1) is 6.92 Å². The van der Waals surface area contributed by atoms with E-state index in [0.717, 1.165) is 56.3 Å². The van der Waals surface area contributed by atoms with E-state index >= 15 is 0 Å². The third kappa shape index (κ3) is 2.84. The third-order valence-electron chi connectivity index (χ3n) is 4.05. The number of nitrogens with zero attached hydrogens (tertiary/aromatic N) is 3. The molecule has 0 unspecified atom stereocenters. The Morgan fingerprint density at radius 3 is 2.87 bits per heavy atom. The maximum absolute atomic E-state index is 4.80. The minimum atomic E-state index is 0.416. The molecule has 0 spiro atoms. The van der Waals surface area contributed by atoms with Crippen LogP contribution in [0.25, 0.3) is 21.6 Å². The Morgan fingerprint density at radius 2 is 2.13 bits per heavy atom. The summed E-state index contributed by atoms with van der Waals surface area (Å²) in [6, 6.07) is 4.30. The fourth-order valence-electron chi connectivity index (χ4n) is 2.76. The molecule has 1 aliphatic heterocycles. The Balaban J connectivity index is 1.86. The largest absolute Gasteiger partial charge is 0.365 e. The highest BCUT2D eigenvalue weighted by molar-refractivity contribution is 9.11. The lowest BCUT2D eigenvalue weighted by Crippen LogP contribution is -2.22. The molecule has 4 rings (SSSR count). The second-order valence-corrected chi connectivity index (χ2v) is 7.98. The van der Waals surface area contributed by atoms with Gasteiger partial charge in [-0.3, -0.25) is 4.98 Å². The molecular weight excluding hydrogens is 374 g/mol. The van der Waals surface area contributed by atoms with E-state index in [1.165, 1.54) is 0 Å². The van der Waals surface area contributed by atoms with Gasteiger partial charge in [-0.05, 0) is 48.0 Å². The van der Waals surface area contributed by atoms with Crippen LogP contribution < -0.4 is 10.6 Å². The second-order valence-electron chi connectivity index (χ2n) is 5.64. The van der Waals surface area contributed by atoms with Crippen molar-refractivity contribution in [2.45, 2.75) is 19.4 Å². The molecule has 0 aromatic carbocycles. The molecule has 0 aliphatic carbocycles. The number of pyridine rings is 1. The van der Waals surface area contributed by atoms with Gasteiger partial charge in [0, 0.05) is 36.1 Å². The summed E-state index contributed by atoms with van der Waals surface area (Å²) in [5.41, 5.74) is 3.16. The number of hydrogen-bond donors (Lipinski definition) is 2. The molecule has 7 heteroatoms. The van der Waals surface area contributed by atoms with Crippen molar-refractivity contribution in [3.8, 4) is 11.4 Å². The minimum Gasteiger partial charge on any atom is -0.365 e. The highest BCUT2D eigenvalue weighted by Gasteiger charge is 2.20. The van der Waals surface area contributed by atoms with Crippen molar-refractivity contribution >= 4 is 43.3 Å². The van der Waals surface area contributed by atoms with Crippen molar-refractivity contribution in [1.82, 2.24) is 20.3 Å². The zero-order valence-corrected chi connectivity index (χ0v) is 15.0. The summed E-state index contributed by atoms with van der Waals surface area (Å²) in [7, 11) is 0. The molecule has 1 atom stereocenters. The van der Waals surface area contributed by atoms with Crippen molar-refractivity contribution in [3.05, 3.63) is 33.9 Å². The Bertz CT molecular complexity index is 843. The maximum Gasteiger partial charge on any atom is 0.162 e. The van der Waals surface area contributed by atoms with Gasteiger partial charge in [0.2, 0.25) is 0 Å². The first-order chi connectivity index (χ1) is 11.2.